The van der Waals surface area contributed by atoms with Crippen molar-refractivity contribution in [3.05, 3.63) is 0 Å². The molecule has 0 radical (unpaired) electrons. The minimum Gasteiger partial charge on any atom is -0.152 e. The van der Waals surface area contributed by atoms with Gasteiger partial charge in [-0.15, -0.1) is 0 Å². The molecule has 0 unspecified atom stereocenters. The fraction of sp³-hybridized carbons (Fsp3) is 1.00. The molecule has 0 aliphatic heterocycles. The third-order valence-corrected chi connectivity index (χ3v) is 1.10. The Balaban J connectivity index is 4.56. The van der Waals surface area contributed by atoms with Gasteiger partial charge in [0.25, 0.3) is 0 Å². The van der Waals surface area contributed by atoms with E-state index in [4.69, 9.17) is 0 Å². The maximum Gasteiger partial charge on any atom is 0.608 e. The maximum absolute atomic E-state index is 11.2. The van der Waals surface area contributed by atoms with Gasteiger partial charge in [0.2, 0.25) is 0 Å². The fourth-order valence-corrected chi connectivity index (χ4v) is 0.397. The molecule has 0 atom stereocenters. The molecule has 0 fully saturated rings. The van der Waals surface area contributed by atoms with Crippen LogP contribution in [0.25, 0.3) is 0 Å². The van der Waals surface area contributed by atoms with Crippen molar-refractivity contribution in [3.8, 4) is 0 Å². The molecule has 0 bridgehead atoms. The van der Waals surface area contributed by atoms with Gasteiger partial charge in [-0.3, -0.25) is 0 Å². The Labute approximate surface area is 60.4 Å². The standard InChI is InChI=1S/C2F6NOS/c3-1(4,5)9(11-10)2(6,7)8/q+1. The maximum atomic E-state index is 11.2. The molecule has 0 rings (SSSR count). The van der Waals surface area contributed by atoms with Crippen molar-refractivity contribution in [3.63, 3.8) is 0 Å². The van der Waals surface area contributed by atoms with E-state index in [1.807, 2.05) is 0 Å². The molecule has 11 heavy (non-hydrogen) atoms. The summed E-state index contributed by atoms with van der Waals surface area (Å²) in [4.78, 5) is 0. The molecule has 0 aromatic heterocycles. The lowest BCUT2D eigenvalue weighted by Gasteiger charge is -2.09. The second-order valence-corrected chi connectivity index (χ2v) is 1.82. The first-order chi connectivity index (χ1) is 4.69. The van der Waals surface area contributed by atoms with Crippen LogP contribution in [0.3, 0.4) is 0 Å². The van der Waals surface area contributed by atoms with Gasteiger partial charge in [-0.2, -0.15) is 26.3 Å². The fourth-order valence-electron chi connectivity index (χ4n) is 0.228. The summed E-state index contributed by atoms with van der Waals surface area (Å²) in [6.45, 7) is 0. The minimum absolute atomic E-state index is 1.68. The SMILES string of the molecule is O=[S+]N(C(F)(F)F)C(F)(F)F. The van der Waals surface area contributed by atoms with Crippen LogP contribution < -0.4 is 0 Å². The molecule has 0 saturated heterocycles. The van der Waals surface area contributed by atoms with E-state index in [1.165, 1.54) is 0 Å². The number of hydrogen-bond acceptors (Lipinski definition) is 1. The van der Waals surface area contributed by atoms with E-state index in [9.17, 15) is 30.6 Å². The predicted molar refractivity (Wildman–Crippen MR) is 22.0 cm³/mol. The number of alkyl halides is 6. The van der Waals surface area contributed by atoms with Crippen LogP contribution in [0.2, 0.25) is 0 Å². The second kappa shape index (κ2) is 2.89. The number of rotatable bonds is 1. The summed E-state index contributed by atoms with van der Waals surface area (Å²) < 4.78 is 74.4. The summed E-state index contributed by atoms with van der Waals surface area (Å²) in [7, 11) is 0. The molecule has 0 aromatic rings. The Morgan fingerprint density at radius 3 is 1.18 bits per heavy atom. The first-order valence-corrected chi connectivity index (χ1v) is 2.63. The van der Waals surface area contributed by atoms with Crippen molar-refractivity contribution in [2.75, 3.05) is 0 Å². The lowest BCUT2D eigenvalue weighted by atomic mass is 11.0. The third kappa shape index (κ3) is 2.97. The van der Waals surface area contributed by atoms with Gasteiger partial charge in [-0.25, -0.2) is 0 Å². The van der Waals surface area contributed by atoms with E-state index < -0.39 is 28.8 Å². The van der Waals surface area contributed by atoms with Crippen molar-refractivity contribution >= 4 is 11.9 Å². The van der Waals surface area contributed by atoms with Gasteiger partial charge in [0, 0.05) is 0 Å². The van der Waals surface area contributed by atoms with Crippen LogP contribution in [0.1, 0.15) is 0 Å². The van der Waals surface area contributed by atoms with Crippen molar-refractivity contribution in [1.82, 2.24) is 4.31 Å². The van der Waals surface area contributed by atoms with Crippen molar-refractivity contribution in [2.24, 2.45) is 0 Å². The molecule has 2 nitrogen and oxygen atoms in total. The zero-order valence-corrected chi connectivity index (χ0v) is 5.35. The van der Waals surface area contributed by atoms with Gasteiger partial charge >= 0.3 is 24.5 Å². The molecule has 0 heterocycles. The van der Waals surface area contributed by atoms with E-state index in [0.29, 0.717) is 0 Å². The van der Waals surface area contributed by atoms with Crippen LogP contribution in [0.4, 0.5) is 26.3 Å². The van der Waals surface area contributed by atoms with Crippen molar-refractivity contribution in [2.45, 2.75) is 12.6 Å². The van der Waals surface area contributed by atoms with Crippen LogP contribution in [-0.4, -0.2) is 16.9 Å². The summed E-state index contributed by atoms with van der Waals surface area (Å²) in [6.07, 6.45) is -11.4. The molecule has 66 valence electrons. The van der Waals surface area contributed by atoms with Gasteiger partial charge in [0.05, 0.1) is 4.21 Å². The smallest absolute Gasteiger partial charge is 0.152 e. The highest BCUT2D eigenvalue weighted by atomic mass is 32.2. The molecule has 0 aromatic carbocycles. The Bertz CT molecular complexity index is 136. The van der Waals surface area contributed by atoms with Crippen LogP contribution in [0, 0.1) is 0 Å². The minimum atomic E-state index is -5.69. The number of hydrogen-bond donors (Lipinski definition) is 0. The summed E-state index contributed by atoms with van der Waals surface area (Å²) in [5.74, 6) is 0. The largest absolute Gasteiger partial charge is 0.608 e. The zero-order chi connectivity index (χ0) is 9.28. The Morgan fingerprint density at radius 2 is 1.18 bits per heavy atom. The van der Waals surface area contributed by atoms with Gasteiger partial charge in [0.15, 0.2) is 4.31 Å². The van der Waals surface area contributed by atoms with Crippen molar-refractivity contribution < 1.29 is 30.6 Å². The van der Waals surface area contributed by atoms with E-state index >= 15 is 0 Å². The number of halogens is 6. The van der Waals surface area contributed by atoms with Gasteiger partial charge < -0.3 is 0 Å². The summed E-state index contributed by atoms with van der Waals surface area (Å²) in [5.41, 5.74) is 0. The topological polar surface area (TPSA) is 20.3 Å². The molecular formula is C2F6NOS+. The highest BCUT2D eigenvalue weighted by molar-refractivity contribution is 7.62. The van der Waals surface area contributed by atoms with Crippen LogP contribution in [-0.2, 0) is 16.1 Å². The monoisotopic (exact) mass is 200 g/mol. The molecule has 0 amide bonds. The lowest BCUT2D eigenvalue weighted by molar-refractivity contribution is -0.331. The predicted octanol–water partition coefficient (Wildman–Crippen LogP) is 1.67. The van der Waals surface area contributed by atoms with Gasteiger partial charge in [-0.05, 0) is 0 Å². The van der Waals surface area contributed by atoms with Gasteiger partial charge in [0.1, 0.15) is 0 Å². The summed E-state index contributed by atoms with van der Waals surface area (Å²) >= 11 is -1.68. The first-order valence-electron chi connectivity index (χ1n) is 1.93. The molecular weight excluding hydrogens is 200 g/mol. The zero-order valence-electron chi connectivity index (χ0n) is 4.53. The van der Waals surface area contributed by atoms with E-state index in [2.05, 4.69) is 0 Å². The van der Waals surface area contributed by atoms with Crippen LogP contribution in [0.5, 0.6) is 0 Å². The lowest BCUT2D eigenvalue weighted by Crippen LogP contribution is -2.44. The Morgan fingerprint density at radius 1 is 0.909 bits per heavy atom. The average molecular weight is 200 g/mol. The third-order valence-electron chi connectivity index (χ3n) is 0.535. The molecule has 0 aliphatic carbocycles. The molecule has 9 heteroatoms. The summed E-state index contributed by atoms with van der Waals surface area (Å²) in [6, 6.07) is 0. The van der Waals surface area contributed by atoms with Gasteiger partial charge in [-0.1, -0.05) is 0 Å². The Hall–Kier alpha value is -0.440. The van der Waals surface area contributed by atoms with E-state index in [1.54, 1.807) is 0 Å². The highest BCUT2D eigenvalue weighted by Crippen LogP contribution is 2.32. The molecule has 0 N–H and O–H groups in total. The normalized spacial score (nSPS) is 13.7. The number of nitrogens with zero attached hydrogens (tertiary/aromatic N) is 1. The molecule has 0 aliphatic rings. The molecule has 0 spiro atoms. The highest BCUT2D eigenvalue weighted by Gasteiger charge is 2.65. The first kappa shape index (κ1) is 10.6. The molecule has 0 saturated carbocycles. The summed E-state index contributed by atoms with van der Waals surface area (Å²) in [5, 5.41) is 0. The van der Waals surface area contributed by atoms with Crippen LogP contribution in [0.15, 0.2) is 0 Å². The van der Waals surface area contributed by atoms with Crippen LogP contribution >= 0.6 is 0 Å². The van der Waals surface area contributed by atoms with E-state index in [0.717, 1.165) is 0 Å². The van der Waals surface area contributed by atoms with Crippen molar-refractivity contribution in [1.29, 1.82) is 0 Å². The second-order valence-electron chi connectivity index (χ2n) is 1.30. The van der Waals surface area contributed by atoms with E-state index in [-0.39, 0.29) is 0 Å². The average Bonchev–Trinajstić information content (AvgIpc) is 1.56. The Kier molecular flexibility index (Phi) is 2.78. The quantitative estimate of drug-likeness (QED) is 0.273.